The van der Waals surface area contributed by atoms with E-state index in [1.54, 1.807) is 0 Å². The van der Waals surface area contributed by atoms with Gasteiger partial charge in [-0.25, -0.2) is 9.78 Å². The lowest BCUT2D eigenvalue weighted by molar-refractivity contribution is -0.220. The molecule has 0 spiro atoms. The topological polar surface area (TPSA) is 219 Å². The maximum atomic E-state index is 13.1. The first-order chi connectivity index (χ1) is 16.1. The molecule has 1 amide bonds. The highest BCUT2D eigenvalue weighted by molar-refractivity contribution is 7.85. The number of aliphatic hydroxyl groups excluding tert-OH is 2. The van der Waals surface area contributed by atoms with Gasteiger partial charge in [0.1, 0.15) is 23.8 Å². The molecule has 0 aromatic carbocycles. The van der Waals surface area contributed by atoms with Gasteiger partial charge in [0.25, 0.3) is 5.72 Å². The summed E-state index contributed by atoms with van der Waals surface area (Å²) in [4.78, 5) is 59.6. The highest BCUT2D eigenvalue weighted by Crippen LogP contribution is 2.50. The van der Waals surface area contributed by atoms with Crippen LogP contribution in [0.2, 0.25) is 0 Å². The fraction of sp³-hybridized carbons (Fsp3) is 0.556. The zero-order valence-electron chi connectivity index (χ0n) is 17.4. The number of carbonyl (C=O) groups is 4. The van der Waals surface area contributed by atoms with Gasteiger partial charge < -0.3 is 30.6 Å². The third-order valence-electron chi connectivity index (χ3n) is 5.76. The molecule has 1 aromatic heterocycles. The number of ketones is 1. The zero-order valence-corrected chi connectivity index (χ0v) is 19.0. The number of anilines is 1. The Kier molecular flexibility index (Phi) is 6.41. The Morgan fingerprint density at radius 3 is 2.82 bits per heavy atom. The molecule has 3 aliphatic rings. The van der Waals surface area contributed by atoms with Crippen LogP contribution in [0, 0.1) is 11.8 Å². The number of carbonyl (C=O) groups excluding carboxylic acids is 3. The van der Waals surface area contributed by atoms with E-state index in [-0.39, 0.29) is 28.7 Å². The van der Waals surface area contributed by atoms with Crippen LogP contribution in [0.1, 0.15) is 18.5 Å². The van der Waals surface area contributed by atoms with Crippen LogP contribution in [-0.4, -0.2) is 94.9 Å². The maximum absolute atomic E-state index is 13.1. The van der Waals surface area contributed by atoms with E-state index < -0.39 is 83.1 Å². The molecule has 3 aliphatic heterocycles. The summed E-state index contributed by atoms with van der Waals surface area (Å²) in [5.41, 5.74) is 3.11. The number of β-lactam (4-membered cyclic amide) rings is 1. The van der Waals surface area contributed by atoms with Gasteiger partial charge in [-0.15, -0.1) is 11.3 Å². The lowest BCUT2D eigenvalue weighted by atomic mass is 9.84. The number of aliphatic hydroxyl groups is 2. The summed E-state index contributed by atoms with van der Waals surface area (Å²) >= 11 is 1.02. The molecule has 0 unspecified atom stereocenters. The molecular formula is C18H20N4O10S2. The summed E-state index contributed by atoms with van der Waals surface area (Å²) in [5.74, 6) is -6.15. The SMILES string of the molecule is Nc1nc(/C(=N/OC[C@H](O)CO)C(=O)C[C@@H]2C(=O)N3[C@@H]2[S@@](=O)C[C@@H]2CC(=O)O[C@@]23C(=O)O)cs1. The Balaban J connectivity index is 1.57. The second-order valence-corrected chi connectivity index (χ2v) is 10.4. The number of aliphatic carboxylic acids is 1. The molecule has 16 heteroatoms. The number of nitrogens with zero attached hydrogens (tertiary/aromatic N) is 3. The van der Waals surface area contributed by atoms with Crippen molar-refractivity contribution >= 4 is 56.6 Å². The monoisotopic (exact) mass is 516 g/mol. The third-order valence-corrected chi connectivity index (χ3v) is 8.24. The maximum Gasteiger partial charge on any atom is 0.370 e. The highest BCUT2D eigenvalue weighted by Gasteiger charge is 2.72. The second-order valence-electron chi connectivity index (χ2n) is 7.90. The van der Waals surface area contributed by atoms with E-state index in [1.807, 2.05) is 0 Å². The van der Waals surface area contributed by atoms with E-state index >= 15 is 0 Å². The van der Waals surface area contributed by atoms with Gasteiger partial charge in [0.15, 0.2) is 16.6 Å². The summed E-state index contributed by atoms with van der Waals surface area (Å²) in [7, 11) is -1.74. The Morgan fingerprint density at radius 2 is 2.21 bits per heavy atom. The molecule has 1 aromatic rings. The van der Waals surface area contributed by atoms with Crippen LogP contribution in [-0.2, 0) is 39.6 Å². The molecule has 184 valence electrons. The number of aromatic nitrogens is 1. The Bertz CT molecular complexity index is 1110. The molecule has 0 saturated carbocycles. The Hall–Kier alpha value is -2.95. The summed E-state index contributed by atoms with van der Waals surface area (Å²) in [6.07, 6.45) is -2.03. The quantitative estimate of drug-likeness (QED) is 0.117. The van der Waals surface area contributed by atoms with Crippen molar-refractivity contribution in [1.82, 2.24) is 9.88 Å². The van der Waals surface area contributed by atoms with Crippen molar-refractivity contribution < 1.29 is 48.3 Å². The zero-order chi connectivity index (χ0) is 24.8. The third kappa shape index (κ3) is 3.85. The molecule has 0 aliphatic carbocycles. The number of rotatable bonds is 9. The van der Waals surface area contributed by atoms with E-state index in [9.17, 15) is 33.6 Å². The normalized spacial score (nSPS) is 31.2. The predicted molar refractivity (Wildman–Crippen MR) is 113 cm³/mol. The molecule has 4 heterocycles. The van der Waals surface area contributed by atoms with Gasteiger partial charge >= 0.3 is 11.9 Å². The van der Waals surface area contributed by atoms with Crippen molar-refractivity contribution in [3.05, 3.63) is 11.1 Å². The smallest absolute Gasteiger partial charge is 0.370 e. The van der Waals surface area contributed by atoms with Crippen molar-refractivity contribution in [1.29, 1.82) is 0 Å². The summed E-state index contributed by atoms with van der Waals surface area (Å²) < 4.78 is 17.9. The van der Waals surface area contributed by atoms with Crippen LogP contribution in [0.25, 0.3) is 0 Å². The van der Waals surface area contributed by atoms with E-state index in [0.717, 1.165) is 16.2 Å². The van der Waals surface area contributed by atoms with Gasteiger partial charge in [0.2, 0.25) is 5.91 Å². The molecule has 5 N–H and O–H groups in total. The van der Waals surface area contributed by atoms with Crippen molar-refractivity contribution in [3.8, 4) is 0 Å². The van der Waals surface area contributed by atoms with Crippen LogP contribution in [0.3, 0.4) is 0 Å². The van der Waals surface area contributed by atoms with E-state index in [1.165, 1.54) is 5.38 Å². The lowest BCUT2D eigenvalue weighted by Crippen LogP contribution is -2.78. The number of fused-ring (bicyclic) bond motifs is 3. The van der Waals surface area contributed by atoms with Crippen molar-refractivity contribution in [2.45, 2.75) is 30.0 Å². The lowest BCUT2D eigenvalue weighted by Gasteiger charge is -2.56. The van der Waals surface area contributed by atoms with Crippen LogP contribution in [0.4, 0.5) is 5.13 Å². The second kappa shape index (κ2) is 9.01. The minimum absolute atomic E-state index is 0.0474. The minimum Gasteiger partial charge on any atom is -0.477 e. The average molecular weight is 517 g/mol. The number of carboxylic acid groups (broad SMARTS) is 1. The predicted octanol–water partition coefficient (Wildman–Crippen LogP) is -2.35. The van der Waals surface area contributed by atoms with Crippen molar-refractivity contribution in [2.24, 2.45) is 17.0 Å². The first kappa shape index (κ1) is 24.2. The molecule has 34 heavy (non-hydrogen) atoms. The van der Waals surface area contributed by atoms with E-state index in [2.05, 4.69) is 10.1 Å². The summed E-state index contributed by atoms with van der Waals surface area (Å²) in [6, 6.07) is 0. The number of Topliss-reactive ketones (excluding diaryl/α,β-unsaturated/α-hetero) is 1. The summed E-state index contributed by atoms with van der Waals surface area (Å²) in [5, 5.41) is 32.1. The van der Waals surface area contributed by atoms with Gasteiger partial charge in [0, 0.05) is 28.4 Å². The van der Waals surface area contributed by atoms with Crippen LogP contribution in [0.15, 0.2) is 10.5 Å². The first-order valence-electron chi connectivity index (χ1n) is 9.99. The number of hydrogen-bond donors (Lipinski definition) is 4. The van der Waals surface area contributed by atoms with Crippen LogP contribution in [0.5, 0.6) is 0 Å². The Labute approximate surface area is 197 Å². The number of amides is 1. The minimum atomic E-state index is -2.24. The van der Waals surface area contributed by atoms with Gasteiger partial charge in [0.05, 0.1) is 24.9 Å². The number of oxime groups is 1. The number of nitrogens with two attached hydrogens (primary N) is 1. The van der Waals surface area contributed by atoms with Crippen LogP contribution < -0.4 is 5.73 Å². The number of ether oxygens (including phenoxy) is 1. The molecule has 6 atom stereocenters. The molecule has 3 saturated heterocycles. The molecule has 4 rings (SSSR count). The number of hydrogen-bond acceptors (Lipinski definition) is 13. The van der Waals surface area contributed by atoms with Crippen LogP contribution >= 0.6 is 11.3 Å². The fourth-order valence-corrected chi connectivity index (χ4v) is 6.77. The van der Waals surface area contributed by atoms with Crippen molar-refractivity contribution in [2.75, 3.05) is 24.7 Å². The van der Waals surface area contributed by atoms with Crippen molar-refractivity contribution in [3.63, 3.8) is 0 Å². The number of esters is 1. The average Bonchev–Trinajstić information content (AvgIpc) is 3.35. The van der Waals surface area contributed by atoms with Gasteiger partial charge in [-0.1, -0.05) is 5.16 Å². The van der Waals surface area contributed by atoms with Gasteiger partial charge in [-0.05, 0) is 0 Å². The molecule has 14 nitrogen and oxygen atoms in total. The molecule has 3 fully saturated rings. The molecule has 0 radical (unpaired) electrons. The highest BCUT2D eigenvalue weighted by atomic mass is 32.2. The number of thiazole rings is 1. The fourth-order valence-electron chi connectivity index (χ4n) is 4.21. The first-order valence-corrected chi connectivity index (χ1v) is 12.2. The standard InChI is InChI=1S/C18H20N4O10S2/c19-17-20-10(5-33-17)13(21-31-4-8(24)3-23)11(25)2-9-14(27)22-15(9)34(30)6-7-1-12(26)32-18(7,22)16(28)29/h5,7-9,15,23-24H,1-4,6H2,(H2,19,20)(H,28,29)/b21-13-/t7-,8+,9+,15+,18+,34-/m0/s1. The Morgan fingerprint density at radius 1 is 1.47 bits per heavy atom. The van der Waals surface area contributed by atoms with E-state index in [0.29, 0.717) is 0 Å². The van der Waals surface area contributed by atoms with E-state index in [4.69, 9.17) is 20.4 Å². The number of nitrogen functional groups attached to an aromatic ring is 1. The molecular weight excluding hydrogens is 496 g/mol. The molecule has 0 bridgehead atoms. The number of carboxylic acids is 1. The van der Waals surface area contributed by atoms with Gasteiger partial charge in [-0.3, -0.25) is 23.5 Å². The van der Waals surface area contributed by atoms with Gasteiger partial charge in [-0.2, -0.15) is 0 Å². The summed E-state index contributed by atoms with van der Waals surface area (Å²) in [6.45, 7) is -1.02. The largest absolute Gasteiger partial charge is 0.477 e.